The highest BCUT2D eigenvalue weighted by Crippen LogP contribution is 2.35. The van der Waals surface area contributed by atoms with E-state index in [4.69, 9.17) is 11.6 Å². The number of halogens is 1. The number of fused-ring (bicyclic) bond motifs is 1. The van der Waals surface area contributed by atoms with Crippen LogP contribution in [-0.4, -0.2) is 24.9 Å². The van der Waals surface area contributed by atoms with Crippen molar-refractivity contribution in [3.63, 3.8) is 0 Å². The van der Waals surface area contributed by atoms with Gasteiger partial charge in [-0.2, -0.15) is 0 Å². The normalized spacial score (nSPS) is 11.0. The Morgan fingerprint density at radius 1 is 1.24 bits per heavy atom. The molecule has 21 heavy (non-hydrogen) atoms. The van der Waals surface area contributed by atoms with Crippen LogP contribution in [0.4, 0.5) is 0 Å². The summed E-state index contributed by atoms with van der Waals surface area (Å²) in [7, 11) is 0. The molecule has 2 N–H and O–H groups in total. The average molecular weight is 323 g/mol. The monoisotopic (exact) mass is 322 g/mol. The van der Waals surface area contributed by atoms with Crippen molar-refractivity contribution >= 4 is 50.9 Å². The van der Waals surface area contributed by atoms with Crippen LogP contribution in [0.3, 0.4) is 0 Å². The van der Waals surface area contributed by atoms with Gasteiger partial charge in [-0.1, -0.05) is 29.8 Å². The van der Waals surface area contributed by atoms with Gasteiger partial charge in [0.25, 0.3) is 0 Å². The van der Waals surface area contributed by atoms with Crippen molar-refractivity contribution in [1.29, 1.82) is 0 Å². The third-order valence-electron chi connectivity index (χ3n) is 2.74. The molecule has 110 valence electrons. The minimum atomic E-state index is -0.214. The number of carbonyl (C=O) groups excluding carboxylic acids is 2. The maximum absolute atomic E-state index is 11.6. The molecule has 0 bridgehead atoms. The zero-order chi connectivity index (χ0) is 15.2. The van der Waals surface area contributed by atoms with Gasteiger partial charge in [0, 0.05) is 41.1 Å². The van der Waals surface area contributed by atoms with Crippen LogP contribution in [0.25, 0.3) is 16.2 Å². The lowest BCUT2D eigenvalue weighted by atomic mass is 10.2. The summed E-state index contributed by atoms with van der Waals surface area (Å²) in [5, 5.41) is 6.95. The van der Waals surface area contributed by atoms with Gasteiger partial charge in [-0.25, -0.2) is 0 Å². The second-order valence-corrected chi connectivity index (χ2v) is 5.85. The van der Waals surface area contributed by atoms with E-state index < -0.39 is 0 Å². The molecule has 2 aromatic rings. The summed E-state index contributed by atoms with van der Waals surface area (Å²) in [6.45, 7) is 2.24. The molecular weight excluding hydrogens is 308 g/mol. The summed E-state index contributed by atoms with van der Waals surface area (Å²) in [6.07, 6.45) is 3.16. The highest BCUT2D eigenvalue weighted by molar-refractivity contribution is 7.20. The molecule has 0 aliphatic heterocycles. The van der Waals surface area contributed by atoms with Gasteiger partial charge in [0.2, 0.25) is 11.8 Å². The summed E-state index contributed by atoms with van der Waals surface area (Å²) < 4.78 is 1.09. The van der Waals surface area contributed by atoms with Crippen LogP contribution in [0.1, 0.15) is 11.8 Å². The van der Waals surface area contributed by atoms with Crippen molar-refractivity contribution in [2.24, 2.45) is 0 Å². The number of nitrogens with one attached hydrogen (secondary N) is 2. The Morgan fingerprint density at radius 2 is 1.95 bits per heavy atom. The molecule has 2 amide bonds. The number of thiophene rings is 1. The van der Waals surface area contributed by atoms with E-state index in [1.807, 2.05) is 24.3 Å². The fourth-order valence-electron chi connectivity index (χ4n) is 1.77. The summed E-state index contributed by atoms with van der Waals surface area (Å²) >= 11 is 7.82. The number of hydrogen-bond acceptors (Lipinski definition) is 3. The first-order chi connectivity index (χ1) is 10.1. The van der Waals surface area contributed by atoms with Gasteiger partial charge in [-0.15, -0.1) is 11.3 Å². The van der Waals surface area contributed by atoms with Gasteiger partial charge >= 0.3 is 0 Å². The predicted octanol–water partition coefficient (Wildman–Crippen LogP) is 2.82. The van der Waals surface area contributed by atoms with E-state index >= 15 is 0 Å². The van der Waals surface area contributed by atoms with E-state index in [1.54, 1.807) is 17.4 Å². The number of amides is 2. The van der Waals surface area contributed by atoms with E-state index in [9.17, 15) is 9.59 Å². The number of benzene rings is 1. The summed E-state index contributed by atoms with van der Waals surface area (Å²) in [5.41, 5.74) is 0. The topological polar surface area (TPSA) is 58.2 Å². The molecule has 0 aliphatic carbocycles. The Bertz CT molecular complexity index is 694. The van der Waals surface area contributed by atoms with Gasteiger partial charge in [0.05, 0.1) is 5.02 Å². The predicted molar refractivity (Wildman–Crippen MR) is 87.6 cm³/mol. The molecule has 2 rings (SSSR count). The van der Waals surface area contributed by atoms with Crippen LogP contribution in [0.2, 0.25) is 5.02 Å². The molecule has 0 atom stereocenters. The van der Waals surface area contributed by atoms with Crippen LogP contribution in [-0.2, 0) is 9.59 Å². The second-order valence-electron chi connectivity index (χ2n) is 4.38. The summed E-state index contributed by atoms with van der Waals surface area (Å²) in [4.78, 5) is 23.2. The molecule has 0 radical (unpaired) electrons. The molecule has 6 heteroatoms. The molecule has 0 saturated heterocycles. The standard InChI is InChI=1S/C15H15ClN2O2S/c1-10(19)17-8-9-18-14(20)7-6-13-15(16)11-4-2-3-5-12(11)21-13/h2-7H,8-9H2,1H3,(H,17,19)(H,18,20)/b7-6+. The molecule has 1 aromatic heterocycles. The van der Waals surface area contributed by atoms with Crippen LogP contribution in [0.5, 0.6) is 0 Å². The lowest BCUT2D eigenvalue weighted by molar-refractivity contribution is -0.119. The van der Waals surface area contributed by atoms with Crippen molar-refractivity contribution in [2.75, 3.05) is 13.1 Å². The number of rotatable bonds is 5. The first-order valence-corrected chi connectivity index (χ1v) is 7.65. The first-order valence-electron chi connectivity index (χ1n) is 6.45. The van der Waals surface area contributed by atoms with Crippen LogP contribution in [0.15, 0.2) is 30.3 Å². The number of hydrogen-bond donors (Lipinski definition) is 2. The first kappa shape index (κ1) is 15.5. The Kier molecular flexibility index (Phi) is 5.36. The van der Waals surface area contributed by atoms with E-state index in [0.29, 0.717) is 18.1 Å². The van der Waals surface area contributed by atoms with Crippen LogP contribution >= 0.6 is 22.9 Å². The largest absolute Gasteiger partial charge is 0.355 e. The van der Waals surface area contributed by atoms with E-state index in [1.165, 1.54) is 13.0 Å². The minimum absolute atomic E-state index is 0.114. The highest BCUT2D eigenvalue weighted by atomic mass is 35.5. The van der Waals surface area contributed by atoms with Gasteiger partial charge in [-0.3, -0.25) is 9.59 Å². The fraction of sp³-hybridized carbons (Fsp3) is 0.200. The maximum atomic E-state index is 11.6. The van der Waals surface area contributed by atoms with Gasteiger partial charge < -0.3 is 10.6 Å². The van der Waals surface area contributed by atoms with E-state index in [-0.39, 0.29) is 11.8 Å². The van der Waals surface area contributed by atoms with Crippen molar-refractivity contribution < 1.29 is 9.59 Å². The van der Waals surface area contributed by atoms with Crippen molar-refractivity contribution in [3.8, 4) is 0 Å². The van der Waals surface area contributed by atoms with Gasteiger partial charge in [-0.05, 0) is 12.1 Å². The second kappa shape index (κ2) is 7.24. The fourth-order valence-corrected chi connectivity index (χ4v) is 3.17. The van der Waals surface area contributed by atoms with E-state index in [0.717, 1.165) is 15.0 Å². The Labute approximate surface area is 131 Å². The SMILES string of the molecule is CC(=O)NCCNC(=O)/C=C/c1sc2ccccc2c1Cl. The lowest BCUT2D eigenvalue weighted by Gasteiger charge is -2.02. The van der Waals surface area contributed by atoms with Crippen LogP contribution in [0, 0.1) is 0 Å². The van der Waals surface area contributed by atoms with Crippen molar-refractivity contribution in [2.45, 2.75) is 6.92 Å². The minimum Gasteiger partial charge on any atom is -0.355 e. The molecule has 1 heterocycles. The zero-order valence-electron chi connectivity index (χ0n) is 11.5. The van der Waals surface area contributed by atoms with Gasteiger partial charge in [0.1, 0.15) is 0 Å². The summed E-state index contributed by atoms with van der Waals surface area (Å²) in [5.74, 6) is -0.328. The smallest absolute Gasteiger partial charge is 0.244 e. The Morgan fingerprint density at radius 3 is 2.67 bits per heavy atom. The third-order valence-corrected chi connectivity index (χ3v) is 4.40. The van der Waals surface area contributed by atoms with Gasteiger partial charge in [0.15, 0.2) is 0 Å². The average Bonchev–Trinajstić information content (AvgIpc) is 2.78. The van der Waals surface area contributed by atoms with Crippen LogP contribution < -0.4 is 10.6 Å². The molecule has 0 spiro atoms. The molecule has 0 aliphatic rings. The zero-order valence-corrected chi connectivity index (χ0v) is 13.1. The van der Waals surface area contributed by atoms with E-state index in [2.05, 4.69) is 10.6 Å². The number of carbonyl (C=O) groups is 2. The third kappa shape index (κ3) is 4.31. The summed E-state index contributed by atoms with van der Waals surface area (Å²) in [6, 6.07) is 7.84. The van der Waals surface area contributed by atoms with Crippen molar-refractivity contribution in [3.05, 3.63) is 40.2 Å². The maximum Gasteiger partial charge on any atom is 0.244 e. The lowest BCUT2D eigenvalue weighted by Crippen LogP contribution is -2.32. The molecule has 0 unspecified atom stereocenters. The molecule has 0 saturated carbocycles. The molecular formula is C15H15ClN2O2S. The molecule has 0 fully saturated rings. The quantitative estimate of drug-likeness (QED) is 0.657. The Balaban J connectivity index is 1.94. The van der Waals surface area contributed by atoms with Crippen molar-refractivity contribution in [1.82, 2.24) is 10.6 Å². The highest BCUT2D eigenvalue weighted by Gasteiger charge is 2.07. The molecule has 1 aromatic carbocycles. The Hall–Kier alpha value is -1.85. The molecule has 4 nitrogen and oxygen atoms in total.